The Kier molecular flexibility index (Phi) is 5.17. The van der Waals surface area contributed by atoms with Crippen LogP contribution in [-0.4, -0.2) is 38.6 Å². The minimum atomic E-state index is -0.215. The van der Waals surface area contributed by atoms with Crippen molar-refractivity contribution in [3.05, 3.63) is 70.8 Å². The third kappa shape index (κ3) is 4.04. The zero-order valence-corrected chi connectivity index (χ0v) is 17.5. The Hall–Kier alpha value is -3.59. The highest BCUT2D eigenvalue weighted by molar-refractivity contribution is 7.19. The number of pyridine rings is 1. The van der Waals surface area contributed by atoms with Crippen molar-refractivity contribution in [3.63, 3.8) is 0 Å². The number of amides is 1. The molecule has 31 heavy (non-hydrogen) atoms. The van der Waals surface area contributed by atoms with E-state index in [4.69, 9.17) is 0 Å². The molecule has 0 unspecified atom stereocenters. The normalized spacial score (nSPS) is 14.0. The Morgan fingerprint density at radius 2 is 1.84 bits per heavy atom. The Morgan fingerprint density at radius 1 is 1.03 bits per heavy atom. The predicted octanol–water partition coefficient (Wildman–Crippen LogP) is 3.46. The van der Waals surface area contributed by atoms with Gasteiger partial charge in [-0.15, -0.1) is 0 Å². The van der Waals surface area contributed by atoms with E-state index in [1.807, 2.05) is 24.3 Å². The van der Waals surface area contributed by atoms with Gasteiger partial charge < -0.3 is 10.2 Å². The second kappa shape index (κ2) is 8.27. The molecule has 8 nitrogen and oxygen atoms in total. The van der Waals surface area contributed by atoms with Crippen LogP contribution in [0.5, 0.6) is 0 Å². The van der Waals surface area contributed by atoms with E-state index in [0.29, 0.717) is 21.2 Å². The fourth-order valence-electron chi connectivity index (χ4n) is 3.64. The van der Waals surface area contributed by atoms with E-state index < -0.39 is 0 Å². The molecule has 1 aliphatic rings. The van der Waals surface area contributed by atoms with E-state index in [1.54, 1.807) is 30.6 Å². The topological polar surface area (TPSA) is 92.5 Å². The van der Waals surface area contributed by atoms with Crippen LogP contribution in [0.4, 0.5) is 11.5 Å². The Labute approximate surface area is 182 Å². The van der Waals surface area contributed by atoms with Gasteiger partial charge in [-0.25, -0.2) is 4.98 Å². The summed E-state index contributed by atoms with van der Waals surface area (Å²) in [4.78, 5) is 36.4. The molecule has 1 N–H and O–H groups in total. The first-order valence-corrected chi connectivity index (χ1v) is 11.0. The highest BCUT2D eigenvalue weighted by Crippen LogP contribution is 2.28. The van der Waals surface area contributed by atoms with Crippen molar-refractivity contribution in [1.29, 1.82) is 0 Å². The lowest BCUT2D eigenvalue weighted by molar-refractivity contribution is 0.102. The van der Waals surface area contributed by atoms with Gasteiger partial charge in [0.05, 0.1) is 0 Å². The van der Waals surface area contributed by atoms with E-state index >= 15 is 0 Å². The fourth-order valence-corrected chi connectivity index (χ4v) is 4.53. The number of benzene rings is 1. The molecule has 0 aliphatic carbocycles. The average Bonchev–Trinajstić information content (AvgIpc) is 3.25. The van der Waals surface area contributed by atoms with E-state index in [2.05, 4.69) is 25.3 Å². The standard InChI is InChI=1S/C22H20N6O2S/c29-19-14-18(27-11-2-1-3-12-27)25-22-28(19)26-21(31-22)16-5-4-6-17(13-16)24-20(30)15-7-9-23-10-8-15/h4-10,13-14H,1-3,11-12H2,(H,24,30). The van der Waals surface area contributed by atoms with Crippen molar-refractivity contribution < 1.29 is 4.79 Å². The van der Waals surface area contributed by atoms with Crippen LogP contribution < -0.4 is 15.8 Å². The molecule has 4 heterocycles. The molecular weight excluding hydrogens is 412 g/mol. The summed E-state index contributed by atoms with van der Waals surface area (Å²) in [6, 6.07) is 12.3. The third-order valence-corrected chi connectivity index (χ3v) is 6.18. The number of hydrogen-bond donors (Lipinski definition) is 1. The number of carbonyl (C=O) groups is 1. The van der Waals surface area contributed by atoms with Crippen LogP contribution in [0.2, 0.25) is 0 Å². The molecule has 1 amide bonds. The maximum atomic E-state index is 12.6. The molecule has 1 fully saturated rings. The number of rotatable bonds is 4. The van der Waals surface area contributed by atoms with Crippen LogP contribution in [0, 0.1) is 0 Å². The minimum absolute atomic E-state index is 0.185. The number of fused-ring (bicyclic) bond motifs is 1. The Morgan fingerprint density at radius 3 is 2.65 bits per heavy atom. The maximum absolute atomic E-state index is 12.6. The van der Waals surface area contributed by atoms with Gasteiger partial charge in [0.2, 0.25) is 4.96 Å². The van der Waals surface area contributed by atoms with Crippen molar-refractivity contribution in [2.24, 2.45) is 0 Å². The van der Waals surface area contributed by atoms with Gasteiger partial charge in [-0.05, 0) is 43.5 Å². The van der Waals surface area contributed by atoms with Crippen LogP contribution in [0.1, 0.15) is 29.6 Å². The summed E-state index contributed by atoms with van der Waals surface area (Å²) in [6.45, 7) is 1.85. The van der Waals surface area contributed by atoms with Gasteiger partial charge in [-0.3, -0.25) is 14.6 Å². The lowest BCUT2D eigenvalue weighted by atomic mass is 10.1. The molecule has 1 aliphatic heterocycles. The highest BCUT2D eigenvalue weighted by Gasteiger charge is 2.17. The Balaban J connectivity index is 1.44. The summed E-state index contributed by atoms with van der Waals surface area (Å²) in [7, 11) is 0. The average molecular weight is 433 g/mol. The van der Waals surface area contributed by atoms with Gasteiger partial charge in [-0.2, -0.15) is 9.61 Å². The second-order valence-corrected chi connectivity index (χ2v) is 8.33. The summed E-state index contributed by atoms with van der Waals surface area (Å²) in [5.74, 6) is 0.506. The van der Waals surface area contributed by atoms with Crippen LogP contribution in [-0.2, 0) is 0 Å². The smallest absolute Gasteiger partial charge is 0.277 e. The minimum Gasteiger partial charge on any atom is -0.356 e. The fraction of sp³-hybridized carbons (Fsp3) is 0.227. The van der Waals surface area contributed by atoms with Gasteiger partial charge in [0.25, 0.3) is 11.5 Å². The monoisotopic (exact) mass is 432 g/mol. The summed E-state index contributed by atoms with van der Waals surface area (Å²) < 4.78 is 1.34. The van der Waals surface area contributed by atoms with Gasteiger partial charge in [-0.1, -0.05) is 23.5 Å². The number of nitrogens with zero attached hydrogens (tertiary/aromatic N) is 5. The first kappa shape index (κ1) is 19.4. The van der Waals surface area contributed by atoms with Crippen molar-refractivity contribution in [2.45, 2.75) is 19.3 Å². The molecule has 1 aromatic carbocycles. The lowest BCUT2D eigenvalue weighted by Gasteiger charge is -2.27. The quantitative estimate of drug-likeness (QED) is 0.531. The van der Waals surface area contributed by atoms with E-state index in [0.717, 1.165) is 37.3 Å². The molecule has 156 valence electrons. The van der Waals surface area contributed by atoms with Gasteiger partial charge in [0.15, 0.2) is 0 Å². The van der Waals surface area contributed by atoms with Crippen LogP contribution >= 0.6 is 11.3 Å². The predicted molar refractivity (Wildman–Crippen MR) is 121 cm³/mol. The molecule has 9 heteroatoms. The molecular formula is C22H20N6O2S. The number of hydrogen-bond acceptors (Lipinski definition) is 7. The van der Waals surface area contributed by atoms with Gasteiger partial charge in [0, 0.05) is 48.4 Å². The van der Waals surface area contributed by atoms with E-state index in [-0.39, 0.29) is 11.5 Å². The number of nitrogens with one attached hydrogen (secondary N) is 1. The van der Waals surface area contributed by atoms with E-state index in [1.165, 1.54) is 22.3 Å². The summed E-state index contributed by atoms with van der Waals surface area (Å²) in [5.41, 5.74) is 1.80. The van der Waals surface area contributed by atoms with Crippen molar-refractivity contribution in [3.8, 4) is 10.6 Å². The summed E-state index contributed by atoms with van der Waals surface area (Å²) >= 11 is 1.36. The van der Waals surface area contributed by atoms with Crippen LogP contribution in [0.15, 0.2) is 59.7 Å². The lowest BCUT2D eigenvalue weighted by Crippen LogP contribution is -2.31. The zero-order chi connectivity index (χ0) is 21.2. The first-order valence-electron chi connectivity index (χ1n) is 10.1. The first-order chi connectivity index (χ1) is 15.2. The molecule has 0 atom stereocenters. The van der Waals surface area contributed by atoms with Gasteiger partial charge >= 0.3 is 0 Å². The van der Waals surface area contributed by atoms with Crippen molar-refractivity contribution in [2.75, 3.05) is 23.3 Å². The molecule has 0 saturated carbocycles. The molecule has 1 saturated heterocycles. The number of aromatic nitrogens is 4. The van der Waals surface area contributed by atoms with E-state index in [9.17, 15) is 9.59 Å². The second-order valence-electron chi connectivity index (χ2n) is 7.37. The van der Waals surface area contributed by atoms with Crippen LogP contribution in [0.25, 0.3) is 15.5 Å². The number of carbonyl (C=O) groups excluding carboxylic acids is 1. The summed E-state index contributed by atoms with van der Waals surface area (Å²) in [5, 5.41) is 8.02. The molecule has 4 aromatic rings. The largest absolute Gasteiger partial charge is 0.356 e. The van der Waals surface area contributed by atoms with Crippen molar-refractivity contribution in [1.82, 2.24) is 19.6 Å². The number of anilines is 2. The zero-order valence-electron chi connectivity index (χ0n) is 16.7. The Bertz CT molecular complexity index is 1290. The molecule has 5 rings (SSSR count). The highest BCUT2D eigenvalue weighted by atomic mass is 32.1. The number of piperidine rings is 1. The molecule has 0 radical (unpaired) electrons. The molecule has 0 bridgehead atoms. The SMILES string of the molecule is O=C(Nc1cccc(-c2nn3c(=O)cc(N4CCCCC4)nc3s2)c1)c1ccncc1. The summed E-state index contributed by atoms with van der Waals surface area (Å²) in [6.07, 6.45) is 6.61. The molecule has 0 spiro atoms. The van der Waals surface area contributed by atoms with Gasteiger partial charge in [0.1, 0.15) is 10.8 Å². The van der Waals surface area contributed by atoms with Crippen LogP contribution in [0.3, 0.4) is 0 Å². The van der Waals surface area contributed by atoms with Crippen molar-refractivity contribution >= 4 is 33.7 Å². The molecule has 3 aromatic heterocycles. The third-order valence-electron chi connectivity index (χ3n) is 5.22. The maximum Gasteiger partial charge on any atom is 0.277 e.